The normalized spacial score (nSPS) is 10.7. The fraction of sp³-hybridized carbons (Fsp3) is 0.263. The average molecular weight is 340 g/mol. The highest BCUT2D eigenvalue weighted by Gasteiger charge is 2.11. The van der Waals surface area contributed by atoms with Crippen molar-refractivity contribution < 1.29 is 9.32 Å². The largest absolute Gasteiger partial charge is 0.355 e. The van der Waals surface area contributed by atoms with Crippen molar-refractivity contribution in [1.82, 2.24) is 5.16 Å². The summed E-state index contributed by atoms with van der Waals surface area (Å²) in [6, 6.07) is 13.8. The molecule has 5 heteroatoms. The standard InChI is InChI=1S/C19H20N2O2S/c1-2-3-5-14-7-9-15(10-8-14)20-19(22)13-16-12-17(23-21-16)18-6-4-11-24-18/h4,6-12H,2-3,5,13H2,1H3,(H,20,22). The molecule has 0 atom stereocenters. The molecule has 0 bridgehead atoms. The molecule has 0 spiro atoms. The van der Waals surface area contributed by atoms with Gasteiger partial charge in [0.15, 0.2) is 5.76 Å². The van der Waals surface area contributed by atoms with E-state index in [0.29, 0.717) is 11.5 Å². The summed E-state index contributed by atoms with van der Waals surface area (Å²) in [4.78, 5) is 13.2. The number of nitrogens with one attached hydrogen (secondary N) is 1. The lowest BCUT2D eigenvalue weighted by molar-refractivity contribution is -0.115. The second-order valence-corrected chi connectivity index (χ2v) is 6.63. The summed E-state index contributed by atoms with van der Waals surface area (Å²) >= 11 is 1.58. The average Bonchev–Trinajstić information content (AvgIpc) is 3.25. The van der Waals surface area contributed by atoms with Crippen LogP contribution < -0.4 is 5.32 Å². The van der Waals surface area contributed by atoms with Crippen molar-refractivity contribution in [2.24, 2.45) is 0 Å². The van der Waals surface area contributed by atoms with Gasteiger partial charge in [-0.15, -0.1) is 11.3 Å². The maximum atomic E-state index is 12.1. The molecule has 0 fully saturated rings. The number of benzene rings is 1. The van der Waals surface area contributed by atoms with Crippen LogP contribution in [0.5, 0.6) is 0 Å². The van der Waals surface area contributed by atoms with Crippen LogP contribution in [0, 0.1) is 0 Å². The molecule has 0 radical (unpaired) electrons. The lowest BCUT2D eigenvalue weighted by Crippen LogP contribution is -2.14. The van der Waals surface area contributed by atoms with Crippen molar-refractivity contribution in [3.05, 3.63) is 59.1 Å². The molecule has 0 saturated heterocycles. The molecule has 0 unspecified atom stereocenters. The molecule has 2 heterocycles. The van der Waals surface area contributed by atoms with Gasteiger partial charge < -0.3 is 9.84 Å². The Morgan fingerprint density at radius 1 is 1.25 bits per heavy atom. The number of hydrogen-bond acceptors (Lipinski definition) is 4. The van der Waals surface area contributed by atoms with Crippen molar-refractivity contribution in [2.75, 3.05) is 5.32 Å². The number of anilines is 1. The molecule has 3 aromatic rings. The zero-order chi connectivity index (χ0) is 16.8. The third-order valence-electron chi connectivity index (χ3n) is 3.72. The van der Waals surface area contributed by atoms with Gasteiger partial charge in [-0.3, -0.25) is 4.79 Å². The van der Waals surface area contributed by atoms with Crippen LogP contribution >= 0.6 is 11.3 Å². The first-order chi connectivity index (χ1) is 11.7. The van der Waals surface area contributed by atoms with Crippen LogP contribution in [-0.4, -0.2) is 11.1 Å². The summed E-state index contributed by atoms with van der Waals surface area (Å²) in [7, 11) is 0. The lowest BCUT2D eigenvalue weighted by Gasteiger charge is -2.05. The van der Waals surface area contributed by atoms with Crippen LogP contribution in [0.25, 0.3) is 10.6 Å². The van der Waals surface area contributed by atoms with Gasteiger partial charge in [0, 0.05) is 11.8 Å². The Morgan fingerprint density at radius 2 is 2.08 bits per heavy atom. The summed E-state index contributed by atoms with van der Waals surface area (Å²) in [5, 5.41) is 8.85. The maximum Gasteiger partial charge on any atom is 0.230 e. The number of aromatic nitrogens is 1. The molecule has 0 aliphatic carbocycles. The van der Waals surface area contributed by atoms with E-state index in [2.05, 4.69) is 29.5 Å². The number of rotatable bonds is 7. The topological polar surface area (TPSA) is 55.1 Å². The molecule has 1 amide bonds. The maximum absolute atomic E-state index is 12.1. The first-order valence-corrected chi connectivity index (χ1v) is 9.01. The summed E-state index contributed by atoms with van der Waals surface area (Å²) in [6.07, 6.45) is 3.65. The summed E-state index contributed by atoms with van der Waals surface area (Å²) in [5.74, 6) is 0.607. The predicted molar refractivity (Wildman–Crippen MR) is 97.2 cm³/mol. The zero-order valence-electron chi connectivity index (χ0n) is 13.6. The van der Waals surface area contributed by atoms with Gasteiger partial charge in [0.1, 0.15) is 0 Å². The summed E-state index contributed by atoms with van der Waals surface area (Å²) in [6.45, 7) is 2.18. The molecule has 24 heavy (non-hydrogen) atoms. The van der Waals surface area contributed by atoms with Crippen LogP contribution in [0.3, 0.4) is 0 Å². The van der Waals surface area contributed by atoms with E-state index in [-0.39, 0.29) is 12.3 Å². The van der Waals surface area contributed by atoms with E-state index >= 15 is 0 Å². The number of hydrogen-bond donors (Lipinski definition) is 1. The first-order valence-electron chi connectivity index (χ1n) is 8.13. The lowest BCUT2D eigenvalue weighted by atomic mass is 10.1. The number of carbonyl (C=O) groups excluding carboxylic acids is 1. The van der Waals surface area contributed by atoms with Crippen molar-refractivity contribution in [3.8, 4) is 10.6 Å². The van der Waals surface area contributed by atoms with Crippen LogP contribution in [-0.2, 0) is 17.6 Å². The molecule has 0 aliphatic heterocycles. The van der Waals surface area contributed by atoms with Crippen molar-refractivity contribution in [1.29, 1.82) is 0 Å². The third-order valence-corrected chi connectivity index (χ3v) is 4.61. The van der Waals surface area contributed by atoms with Gasteiger partial charge in [0.25, 0.3) is 0 Å². The molecule has 124 valence electrons. The number of unbranched alkanes of at least 4 members (excludes halogenated alkanes) is 1. The minimum absolute atomic E-state index is 0.0951. The Kier molecular flexibility index (Phi) is 5.43. The number of thiophene rings is 1. The predicted octanol–water partition coefficient (Wildman–Crippen LogP) is 4.93. The Hall–Kier alpha value is -2.40. The van der Waals surface area contributed by atoms with Crippen molar-refractivity contribution in [2.45, 2.75) is 32.6 Å². The Balaban J connectivity index is 1.55. The zero-order valence-corrected chi connectivity index (χ0v) is 14.4. The quantitative estimate of drug-likeness (QED) is 0.663. The van der Waals surface area contributed by atoms with Gasteiger partial charge >= 0.3 is 0 Å². The Labute approximate surface area is 145 Å². The number of carbonyl (C=O) groups is 1. The van der Waals surface area contributed by atoms with Crippen LogP contribution in [0.1, 0.15) is 31.0 Å². The number of amides is 1. The van der Waals surface area contributed by atoms with E-state index in [4.69, 9.17) is 4.52 Å². The second kappa shape index (κ2) is 7.93. The van der Waals surface area contributed by atoms with E-state index in [1.54, 1.807) is 11.3 Å². The minimum Gasteiger partial charge on any atom is -0.355 e. The van der Waals surface area contributed by atoms with E-state index in [9.17, 15) is 4.79 Å². The van der Waals surface area contributed by atoms with E-state index < -0.39 is 0 Å². The number of aryl methyl sites for hydroxylation is 1. The molecule has 0 aliphatic rings. The highest BCUT2D eigenvalue weighted by atomic mass is 32.1. The number of nitrogens with zero attached hydrogens (tertiary/aromatic N) is 1. The minimum atomic E-state index is -0.0951. The summed E-state index contributed by atoms with van der Waals surface area (Å²) in [5.41, 5.74) is 2.74. The van der Waals surface area contributed by atoms with Crippen molar-refractivity contribution in [3.63, 3.8) is 0 Å². The van der Waals surface area contributed by atoms with E-state index in [1.807, 2.05) is 35.7 Å². The fourth-order valence-corrected chi connectivity index (χ4v) is 3.11. The van der Waals surface area contributed by atoms with E-state index in [1.165, 1.54) is 18.4 Å². The SMILES string of the molecule is CCCCc1ccc(NC(=O)Cc2cc(-c3cccs3)on2)cc1. The van der Waals surface area contributed by atoms with Gasteiger partial charge in [-0.1, -0.05) is 36.7 Å². The molecule has 2 aromatic heterocycles. The third kappa shape index (κ3) is 4.32. The molecule has 0 saturated carbocycles. The molecule has 3 rings (SSSR count). The fourth-order valence-electron chi connectivity index (χ4n) is 2.44. The smallest absolute Gasteiger partial charge is 0.230 e. The monoisotopic (exact) mass is 340 g/mol. The van der Waals surface area contributed by atoms with E-state index in [0.717, 1.165) is 17.0 Å². The molecular weight excluding hydrogens is 320 g/mol. The van der Waals surface area contributed by atoms with Gasteiger partial charge in [-0.25, -0.2) is 0 Å². The molecule has 4 nitrogen and oxygen atoms in total. The van der Waals surface area contributed by atoms with Gasteiger partial charge in [-0.2, -0.15) is 0 Å². The van der Waals surface area contributed by atoms with Gasteiger partial charge in [-0.05, 0) is 42.0 Å². The molecule has 1 N–H and O–H groups in total. The van der Waals surface area contributed by atoms with Crippen LogP contribution in [0.4, 0.5) is 5.69 Å². The Bertz CT molecular complexity index is 776. The first kappa shape index (κ1) is 16.5. The molecular formula is C19H20N2O2S. The second-order valence-electron chi connectivity index (χ2n) is 5.69. The van der Waals surface area contributed by atoms with Gasteiger partial charge in [0.05, 0.1) is 17.0 Å². The van der Waals surface area contributed by atoms with Gasteiger partial charge in [0.2, 0.25) is 5.91 Å². The summed E-state index contributed by atoms with van der Waals surface area (Å²) < 4.78 is 5.29. The molecule has 1 aromatic carbocycles. The Morgan fingerprint density at radius 3 is 2.79 bits per heavy atom. The van der Waals surface area contributed by atoms with Crippen molar-refractivity contribution >= 4 is 22.9 Å². The highest BCUT2D eigenvalue weighted by Crippen LogP contribution is 2.25. The van der Waals surface area contributed by atoms with Crippen LogP contribution in [0.2, 0.25) is 0 Å². The van der Waals surface area contributed by atoms with Crippen LogP contribution in [0.15, 0.2) is 52.4 Å². The highest BCUT2D eigenvalue weighted by molar-refractivity contribution is 7.13.